The number of rotatable bonds is 4. The maximum absolute atomic E-state index is 5.89. The predicted molar refractivity (Wildman–Crippen MR) is 78.2 cm³/mol. The first kappa shape index (κ1) is 12.7. The minimum Gasteiger partial charge on any atom is -0.369 e. The van der Waals surface area contributed by atoms with Crippen LogP contribution in [0.4, 0.5) is 5.82 Å². The third-order valence-electron chi connectivity index (χ3n) is 2.58. The lowest BCUT2D eigenvalue weighted by Crippen LogP contribution is -2.06. The Bertz CT molecular complexity index is 708. The van der Waals surface area contributed by atoms with Gasteiger partial charge in [0.2, 0.25) is 5.28 Å². The molecule has 0 fully saturated rings. The van der Waals surface area contributed by atoms with Gasteiger partial charge in [0.05, 0.1) is 15.9 Å². The molecule has 8 heteroatoms. The maximum atomic E-state index is 5.89. The normalized spacial score (nSPS) is 11.1. The molecule has 98 valence electrons. The number of nitrogens with zero attached hydrogens (tertiary/aromatic N) is 3. The average Bonchev–Trinajstić information content (AvgIpc) is 2.98. The van der Waals surface area contributed by atoms with E-state index < -0.39 is 0 Å². The Labute approximate surface area is 123 Å². The van der Waals surface area contributed by atoms with E-state index in [9.17, 15) is 0 Å². The van der Waals surface area contributed by atoms with Crippen LogP contribution in [0.15, 0.2) is 18.3 Å². The lowest BCUT2D eigenvalue weighted by molar-refractivity contribution is 1.03. The summed E-state index contributed by atoms with van der Waals surface area (Å²) in [5, 5.41) is 11.0. The van der Waals surface area contributed by atoms with E-state index in [-0.39, 0.29) is 5.28 Å². The first-order valence-corrected chi connectivity index (χ1v) is 7.14. The molecule has 3 rings (SSSR count). The lowest BCUT2D eigenvalue weighted by Gasteiger charge is -2.05. The van der Waals surface area contributed by atoms with Gasteiger partial charge >= 0.3 is 0 Å². The van der Waals surface area contributed by atoms with Gasteiger partial charge in [0.1, 0.15) is 5.82 Å². The maximum Gasteiger partial charge on any atom is 0.226 e. The summed E-state index contributed by atoms with van der Waals surface area (Å²) in [5.74, 6) is 0.686. The molecule has 3 heterocycles. The standard InChI is InChI=1S/C11H9Cl2N5S/c12-8-2-1-6(19-8)3-4-14-9-7-5-15-18-10(7)17-11(13)16-9/h1-2,5H,3-4H2,(H2,14,15,16,17,18). The predicted octanol–water partition coefficient (Wildman–Crippen LogP) is 3.38. The SMILES string of the molecule is Clc1nc(NCCc2ccc(Cl)s2)c2cn[nH]c2n1. The van der Waals surface area contributed by atoms with Gasteiger partial charge < -0.3 is 5.32 Å². The smallest absolute Gasteiger partial charge is 0.226 e. The van der Waals surface area contributed by atoms with Crippen LogP contribution in [0.3, 0.4) is 0 Å². The molecule has 0 amide bonds. The van der Waals surface area contributed by atoms with Crippen molar-refractivity contribution in [2.45, 2.75) is 6.42 Å². The van der Waals surface area contributed by atoms with Gasteiger partial charge in [-0.1, -0.05) is 11.6 Å². The highest BCUT2D eigenvalue weighted by molar-refractivity contribution is 7.16. The molecule has 0 aliphatic heterocycles. The quantitative estimate of drug-likeness (QED) is 0.725. The van der Waals surface area contributed by atoms with Crippen molar-refractivity contribution in [3.63, 3.8) is 0 Å². The topological polar surface area (TPSA) is 66.5 Å². The first-order chi connectivity index (χ1) is 9.22. The van der Waals surface area contributed by atoms with Crippen LogP contribution >= 0.6 is 34.5 Å². The van der Waals surface area contributed by atoms with E-state index in [0.29, 0.717) is 11.5 Å². The molecule has 0 saturated heterocycles. The number of fused-ring (bicyclic) bond motifs is 1. The fourth-order valence-corrected chi connectivity index (χ4v) is 2.99. The molecule has 0 radical (unpaired) electrons. The van der Waals surface area contributed by atoms with Gasteiger partial charge in [-0.15, -0.1) is 11.3 Å². The molecule has 0 spiro atoms. The zero-order valence-electron chi connectivity index (χ0n) is 9.65. The van der Waals surface area contributed by atoms with Crippen molar-refractivity contribution in [2.75, 3.05) is 11.9 Å². The molecule has 0 bridgehead atoms. The summed E-state index contributed by atoms with van der Waals surface area (Å²) in [5.41, 5.74) is 0.627. The number of nitrogens with one attached hydrogen (secondary N) is 2. The molecule has 3 aromatic rings. The van der Waals surface area contributed by atoms with Gasteiger partial charge in [0, 0.05) is 11.4 Å². The number of hydrogen-bond acceptors (Lipinski definition) is 5. The zero-order valence-corrected chi connectivity index (χ0v) is 12.0. The summed E-state index contributed by atoms with van der Waals surface area (Å²) in [4.78, 5) is 9.44. The number of aromatic amines is 1. The lowest BCUT2D eigenvalue weighted by atomic mass is 10.3. The van der Waals surface area contributed by atoms with Crippen molar-refractivity contribution in [1.82, 2.24) is 20.2 Å². The van der Waals surface area contributed by atoms with E-state index in [4.69, 9.17) is 23.2 Å². The van der Waals surface area contributed by atoms with Crippen molar-refractivity contribution in [2.24, 2.45) is 0 Å². The van der Waals surface area contributed by atoms with Crippen LogP contribution in [-0.4, -0.2) is 26.7 Å². The molecule has 0 aromatic carbocycles. The summed E-state index contributed by atoms with van der Waals surface area (Å²) in [6, 6.07) is 3.92. The van der Waals surface area contributed by atoms with Crippen molar-refractivity contribution >= 4 is 51.4 Å². The fourth-order valence-electron chi connectivity index (χ4n) is 1.73. The Morgan fingerprint density at radius 3 is 2.95 bits per heavy atom. The Morgan fingerprint density at radius 1 is 1.26 bits per heavy atom. The van der Waals surface area contributed by atoms with Crippen molar-refractivity contribution < 1.29 is 0 Å². The Morgan fingerprint density at radius 2 is 2.16 bits per heavy atom. The van der Waals surface area contributed by atoms with Crippen LogP contribution in [0.2, 0.25) is 9.62 Å². The summed E-state index contributed by atoms with van der Waals surface area (Å²) >= 11 is 13.3. The van der Waals surface area contributed by atoms with E-state index in [2.05, 4.69) is 25.5 Å². The number of H-pyrrole nitrogens is 1. The molecule has 5 nitrogen and oxygen atoms in total. The van der Waals surface area contributed by atoms with Crippen LogP contribution in [0.25, 0.3) is 11.0 Å². The zero-order chi connectivity index (χ0) is 13.2. The summed E-state index contributed by atoms with van der Waals surface area (Å²) in [6.07, 6.45) is 2.55. The van der Waals surface area contributed by atoms with Gasteiger partial charge in [0.15, 0.2) is 5.65 Å². The van der Waals surface area contributed by atoms with Crippen LogP contribution in [0.5, 0.6) is 0 Å². The van der Waals surface area contributed by atoms with Gasteiger partial charge in [-0.05, 0) is 30.2 Å². The molecule has 0 atom stereocenters. The minimum absolute atomic E-state index is 0.193. The molecule has 3 aromatic heterocycles. The highest BCUT2D eigenvalue weighted by atomic mass is 35.5. The van der Waals surface area contributed by atoms with Crippen LogP contribution < -0.4 is 5.32 Å². The molecular formula is C11H9Cl2N5S. The Hall–Kier alpha value is -1.37. The largest absolute Gasteiger partial charge is 0.369 e. The summed E-state index contributed by atoms with van der Waals surface area (Å²) in [6.45, 7) is 0.741. The monoisotopic (exact) mass is 313 g/mol. The highest BCUT2D eigenvalue weighted by Crippen LogP contribution is 2.23. The second kappa shape index (κ2) is 5.32. The summed E-state index contributed by atoms with van der Waals surface area (Å²) in [7, 11) is 0. The molecule has 0 saturated carbocycles. The van der Waals surface area contributed by atoms with E-state index in [0.717, 1.165) is 22.7 Å². The second-order valence-electron chi connectivity index (χ2n) is 3.86. The summed E-state index contributed by atoms with van der Waals surface area (Å²) < 4.78 is 0.803. The molecule has 19 heavy (non-hydrogen) atoms. The molecule has 0 unspecified atom stereocenters. The van der Waals surface area contributed by atoms with Crippen LogP contribution in [-0.2, 0) is 6.42 Å². The molecule has 0 aliphatic rings. The fraction of sp³-hybridized carbons (Fsp3) is 0.182. The minimum atomic E-state index is 0.193. The molecule has 0 aliphatic carbocycles. The number of anilines is 1. The van der Waals surface area contributed by atoms with Crippen molar-refractivity contribution in [3.05, 3.63) is 32.8 Å². The Balaban J connectivity index is 1.73. The number of hydrogen-bond donors (Lipinski definition) is 2. The highest BCUT2D eigenvalue weighted by Gasteiger charge is 2.08. The number of aromatic nitrogens is 4. The van der Waals surface area contributed by atoms with Crippen LogP contribution in [0, 0.1) is 0 Å². The van der Waals surface area contributed by atoms with E-state index >= 15 is 0 Å². The first-order valence-electron chi connectivity index (χ1n) is 5.57. The Kier molecular flexibility index (Phi) is 3.54. The number of halogens is 2. The second-order valence-corrected chi connectivity index (χ2v) is 5.99. The van der Waals surface area contributed by atoms with E-state index in [1.807, 2.05) is 12.1 Å². The number of thiophene rings is 1. The van der Waals surface area contributed by atoms with Crippen LogP contribution in [0.1, 0.15) is 4.88 Å². The third-order valence-corrected chi connectivity index (χ3v) is 4.04. The third kappa shape index (κ3) is 2.80. The van der Waals surface area contributed by atoms with Crippen molar-refractivity contribution in [1.29, 1.82) is 0 Å². The van der Waals surface area contributed by atoms with Gasteiger partial charge in [-0.2, -0.15) is 15.1 Å². The molecular weight excluding hydrogens is 305 g/mol. The average molecular weight is 314 g/mol. The van der Waals surface area contributed by atoms with Crippen molar-refractivity contribution in [3.8, 4) is 0 Å². The van der Waals surface area contributed by atoms with Gasteiger partial charge in [0.25, 0.3) is 0 Å². The van der Waals surface area contributed by atoms with E-state index in [1.165, 1.54) is 4.88 Å². The van der Waals surface area contributed by atoms with E-state index in [1.54, 1.807) is 17.5 Å². The van der Waals surface area contributed by atoms with Gasteiger partial charge in [-0.3, -0.25) is 5.10 Å². The van der Waals surface area contributed by atoms with Gasteiger partial charge in [-0.25, -0.2) is 0 Å². The molecule has 2 N–H and O–H groups in total.